The zero-order valence-electron chi connectivity index (χ0n) is 11.8. The Balaban J connectivity index is 4.07. The Bertz CT molecular complexity index is 273. The molecule has 0 radical (unpaired) electrons. The molecule has 17 heavy (non-hydrogen) atoms. The van der Waals surface area contributed by atoms with Crippen LogP contribution in [0.25, 0.3) is 0 Å². The van der Waals surface area contributed by atoms with Crippen LogP contribution in [0, 0.1) is 5.92 Å². The van der Waals surface area contributed by atoms with E-state index in [9.17, 15) is 8.42 Å². The molecular formula is C13H29NO2S. The van der Waals surface area contributed by atoms with Crippen LogP contribution in [0.2, 0.25) is 0 Å². The molecule has 3 nitrogen and oxygen atoms in total. The maximum absolute atomic E-state index is 11.7. The summed E-state index contributed by atoms with van der Waals surface area (Å²) in [6.07, 6.45) is 3.76. The zero-order valence-corrected chi connectivity index (χ0v) is 12.6. The standard InChI is InChI=1S/C13H29NO2S/c1-5-7-13(11-14-12(3)4)8-10-17(15,16)9-6-2/h12-14H,5-11H2,1-4H3. The highest BCUT2D eigenvalue weighted by molar-refractivity contribution is 7.91. The van der Waals surface area contributed by atoms with Crippen molar-refractivity contribution in [3.63, 3.8) is 0 Å². The number of nitrogens with one attached hydrogen (secondary N) is 1. The van der Waals surface area contributed by atoms with Gasteiger partial charge in [0.25, 0.3) is 0 Å². The zero-order chi connectivity index (χ0) is 13.3. The molecule has 0 aromatic carbocycles. The third-order valence-corrected chi connectivity index (χ3v) is 4.75. The molecular weight excluding hydrogens is 234 g/mol. The third-order valence-electron chi connectivity index (χ3n) is 2.86. The first kappa shape index (κ1) is 16.9. The molecule has 0 saturated carbocycles. The predicted molar refractivity (Wildman–Crippen MR) is 75.1 cm³/mol. The Morgan fingerprint density at radius 2 is 1.65 bits per heavy atom. The topological polar surface area (TPSA) is 46.2 Å². The van der Waals surface area contributed by atoms with E-state index in [-0.39, 0.29) is 0 Å². The molecule has 0 saturated heterocycles. The normalized spacial score (nSPS) is 14.2. The van der Waals surface area contributed by atoms with Gasteiger partial charge in [-0.2, -0.15) is 0 Å². The molecule has 104 valence electrons. The molecule has 1 N–H and O–H groups in total. The molecule has 1 unspecified atom stereocenters. The van der Waals surface area contributed by atoms with Crippen molar-refractivity contribution in [2.45, 2.75) is 59.4 Å². The quantitative estimate of drug-likeness (QED) is 0.659. The fraction of sp³-hybridized carbons (Fsp3) is 1.00. The molecule has 0 heterocycles. The summed E-state index contributed by atoms with van der Waals surface area (Å²) in [7, 11) is -2.81. The summed E-state index contributed by atoms with van der Waals surface area (Å²) in [5.41, 5.74) is 0. The van der Waals surface area contributed by atoms with Crippen molar-refractivity contribution in [3.8, 4) is 0 Å². The summed E-state index contributed by atoms with van der Waals surface area (Å²) in [5.74, 6) is 1.18. The van der Waals surface area contributed by atoms with Crippen molar-refractivity contribution in [2.24, 2.45) is 5.92 Å². The van der Waals surface area contributed by atoms with Gasteiger partial charge in [-0.05, 0) is 31.7 Å². The van der Waals surface area contributed by atoms with E-state index >= 15 is 0 Å². The summed E-state index contributed by atoms with van der Waals surface area (Å²) in [6.45, 7) is 9.26. The van der Waals surface area contributed by atoms with Gasteiger partial charge >= 0.3 is 0 Å². The van der Waals surface area contributed by atoms with Crippen LogP contribution in [0.3, 0.4) is 0 Å². The van der Waals surface area contributed by atoms with Crippen LogP contribution in [0.15, 0.2) is 0 Å². The summed E-state index contributed by atoms with van der Waals surface area (Å²) in [6, 6.07) is 0.474. The second-order valence-electron chi connectivity index (χ2n) is 5.16. The van der Waals surface area contributed by atoms with Crippen molar-refractivity contribution < 1.29 is 8.42 Å². The van der Waals surface area contributed by atoms with Crippen molar-refractivity contribution in [1.29, 1.82) is 0 Å². The van der Waals surface area contributed by atoms with E-state index in [4.69, 9.17) is 0 Å². The van der Waals surface area contributed by atoms with Crippen LogP contribution in [0.5, 0.6) is 0 Å². The van der Waals surface area contributed by atoms with E-state index in [0.29, 0.717) is 23.5 Å². The first-order valence-electron chi connectivity index (χ1n) is 6.85. The minimum absolute atomic E-state index is 0.337. The number of hydrogen-bond donors (Lipinski definition) is 1. The fourth-order valence-corrected chi connectivity index (χ4v) is 3.44. The molecule has 0 amide bonds. The van der Waals surface area contributed by atoms with Gasteiger partial charge in [0.05, 0.1) is 5.75 Å². The lowest BCUT2D eigenvalue weighted by Crippen LogP contribution is -2.30. The van der Waals surface area contributed by atoms with Gasteiger partial charge in [-0.15, -0.1) is 0 Å². The Morgan fingerprint density at radius 1 is 1.00 bits per heavy atom. The van der Waals surface area contributed by atoms with E-state index in [0.717, 1.165) is 32.2 Å². The highest BCUT2D eigenvalue weighted by Gasteiger charge is 2.14. The minimum atomic E-state index is -2.81. The maximum Gasteiger partial charge on any atom is 0.150 e. The third kappa shape index (κ3) is 9.60. The summed E-state index contributed by atoms with van der Waals surface area (Å²) in [5, 5.41) is 3.40. The van der Waals surface area contributed by atoms with Gasteiger partial charge in [0, 0.05) is 11.8 Å². The molecule has 0 aliphatic heterocycles. The van der Waals surface area contributed by atoms with E-state index in [1.165, 1.54) is 0 Å². The molecule has 0 aliphatic carbocycles. The largest absolute Gasteiger partial charge is 0.314 e. The van der Waals surface area contributed by atoms with E-state index in [1.54, 1.807) is 0 Å². The molecule has 0 aliphatic rings. The molecule has 4 heteroatoms. The maximum atomic E-state index is 11.7. The second-order valence-corrected chi connectivity index (χ2v) is 7.46. The van der Waals surface area contributed by atoms with Gasteiger partial charge in [-0.25, -0.2) is 8.42 Å². The second kappa shape index (κ2) is 8.92. The van der Waals surface area contributed by atoms with Crippen LogP contribution in [-0.4, -0.2) is 32.5 Å². The van der Waals surface area contributed by atoms with E-state index in [1.807, 2.05) is 6.92 Å². The predicted octanol–water partition coefficient (Wildman–Crippen LogP) is 2.62. The highest BCUT2D eigenvalue weighted by Crippen LogP contribution is 2.12. The number of hydrogen-bond acceptors (Lipinski definition) is 3. The summed E-state index contributed by atoms with van der Waals surface area (Å²) in [4.78, 5) is 0. The number of sulfone groups is 1. The molecule has 0 aromatic rings. The lowest BCUT2D eigenvalue weighted by atomic mass is 10.0. The van der Waals surface area contributed by atoms with Crippen LogP contribution in [-0.2, 0) is 9.84 Å². The Kier molecular flexibility index (Phi) is 8.88. The van der Waals surface area contributed by atoms with Gasteiger partial charge in [0.2, 0.25) is 0 Å². The van der Waals surface area contributed by atoms with Gasteiger partial charge in [0.15, 0.2) is 0 Å². The Morgan fingerprint density at radius 3 is 2.12 bits per heavy atom. The van der Waals surface area contributed by atoms with Crippen molar-refractivity contribution in [1.82, 2.24) is 5.32 Å². The summed E-state index contributed by atoms with van der Waals surface area (Å²) >= 11 is 0. The molecule has 0 bridgehead atoms. The first-order chi connectivity index (χ1) is 7.91. The fourth-order valence-electron chi connectivity index (χ4n) is 1.92. The average molecular weight is 263 g/mol. The van der Waals surface area contributed by atoms with Crippen molar-refractivity contribution >= 4 is 9.84 Å². The average Bonchev–Trinajstić information content (AvgIpc) is 2.22. The molecule has 0 rings (SSSR count). The van der Waals surface area contributed by atoms with Gasteiger partial charge in [0.1, 0.15) is 9.84 Å². The van der Waals surface area contributed by atoms with Gasteiger partial charge < -0.3 is 5.32 Å². The lowest BCUT2D eigenvalue weighted by Gasteiger charge is -2.18. The van der Waals surface area contributed by atoms with Gasteiger partial charge in [-0.1, -0.05) is 34.1 Å². The summed E-state index contributed by atoms with van der Waals surface area (Å²) < 4.78 is 23.3. The van der Waals surface area contributed by atoms with Crippen LogP contribution < -0.4 is 5.32 Å². The Labute approximate surface area is 107 Å². The van der Waals surface area contributed by atoms with Crippen molar-refractivity contribution in [3.05, 3.63) is 0 Å². The SMILES string of the molecule is CCCC(CCS(=O)(=O)CCC)CNC(C)C. The molecule has 0 spiro atoms. The number of rotatable bonds is 10. The lowest BCUT2D eigenvalue weighted by molar-refractivity contribution is 0.410. The van der Waals surface area contributed by atoms with Crippen LogP contribution in [0.4, 0.5) is 0 Å². The van der Waals surface area contributed by atoms with Crippen LogP contribution >= 0.6 is 0 Å². The van der Waals surface area contributed by atoms with E-state index in [2.05, 4.69) is 26.1 Å². The molecule has 1 atom stereocenters. The Hall–Kier alpha value is -0.0900. The smallest absolute Gasteiger partial charge is 0.150 e. The molecule has 0 fully saturated rings. The highest BCUT2D eigenvalue weighted by atomic mass is 32.2. The van der Waals surface area contributed by atoms with E-state index < -0.39 is 9.84 Å². The first-order valence-corrected chi connectivity index (χ1v) is 8.67. The monoisotopic (exact) mass is 263 g/mol. The molecule has 0 aromatic heterocycles. The minimum Gasteiger partial charge on any atom is -0.314 e. The van der Waals surface area contributed by atoms with Crippen molar-refractivity contribution in [2.75, 3.05) is 18.1 Å². The van der Waals surface area contributed by atoms with Crippen LogP contribution in [0.1, 0.15) is 53.4 Å². The van der Waals surface area contributed by atoms with Gasteiger partial charge in [-0.3, -0.25) is 0 Å².